The van der Waals surface area contributed by atoms with E-state index < -0.39 is 0 Å². The topological polar surface area (TPSA) is 100 Å². The number of guanidine groups is 1. The zero-order chi connectivity index (χ0) is 19.4. The smallest absolute Gasteiger partial charge is 0.216 e. The van der Waals surface area contributed by atoms with Gasteiger partial charge in [-0.15, -0.1) is 0 Å². The SMILES string of the molecule is CCNC(=NCCCOc1ccccc1)NCCc1nc(-c2ccco2)n[nH]1. The van der Waals surface area contributed by atoms with Crippen molar-refractivity contribution in [2.75, 3.05) is 26.2 Å². The molecule has 3 aromatic rings. The molecule has 1 aromatic carbocycles. The minimum Gasteiger partial charge on any atom is -0.494 e. The molecule has 0 amide bonds. The van der Waals surface area contributed by atoms with Crippen molar-refractivity contribution in [2.24, 2.45) is 4.99 Å². The molecule has 8 nitrogen and oxygen atoms in total. The Morgan fingerprint density at radius 1 is 1.18 bits per heavy atom. The third-order valence-corrected chi connectivity index (χ3v) is 3.86. The fraction of sp³-hybridized carbons (Fsp3) is 0.350. The number of hydrogen-bond acceptors (Lipinski definition) is 5. The summed E-state index contributed by atoms with van der Waals surface area (Å²) in [5, 5.41) is 13.7. The number of benzene rings is 1. The Kier molecular flexibility index (Phi) is 7.48. The Morgan fingerprint density at radius 2 is 2.07 bits per heavy atom. The van der Waals surface area contributed by atoms with E-state index in [-0.39, 0.29) is 0 Å². The fourth-order valence-corrected chi connectivity index (χ4v) is 2.53. The van der Waals surface area contributed by atoms with Crippen molar-refractivity contribution in [3.8, 4) is 17.3 Å². The zero-order valence-corrected chi connectivity index (χ0v) is 16.0. The van der Waals surface area contributed by atoms with Gasteiger partial charge in [-0.05, 0) is 31.2 Å². The fourth-order valence-electron chi connectivity index (χ4n) is 2.53. The number of aromatic amines is 1. The largest absolute Gasteiger partial charge is 0.494 e. The summed E-state index contributed by atoms with van der Waals surface area (Å²) in [7, 11) is 0. The zero-order valence-electron chi connectivity index (χ0n) is 16.0. The van der Waals surface area contributed by atoms with Crippen molar-refractivity contribution in [3.63, 3.8) is 0 Å². The van der Waals surface area contributed by atoms with Crippen molar-refractivity contribution in [1.29, 1.82) is 0 Å². The van der Waals surface area contributed by atoms with Crippen molar-refractivity contribution in [2.45, 2.75) is 19.8 Å². The van der Waals surface area contributed by atoms with Crippen LogP contribution in [0.3, 0.4) is 0 Å². The molecule has 28 heavy (non-hydrogen) atoms. The Bertz CT molecular complexity index is 830. The molecule has 2 aromatic heterocycles. The quantitative estimate of drug-likeness (QED) is 0.283. The summed E-state index contributed by atoms with van der Waals surface area (Å²) in [6.07, 6.45) is 3.16. The number of hydrogen-bond donors (Lipinski definition) is 3. The maximum atomic E-state index is 5.68. The maximum Gasteiger partial charge on any atom is 0.216 e. The molecular formula is C20H26N6O2. The molecule has 0 aliphatic rings. The van der Waals surface area contributed by atoms with E-state index in [1.807, 2.05) is 49.4 Å². The first kappa shape index (κ1) is 19.5. The number of para-hydroxylation sites is 1. The Labute approximate surface area is 164 Å². The maximum absolute atomic E-state index is 5.68. The molecule has 0 unspecified atom stereocenters. The van der Waals surface area contributed by atoms with Gasteiger partial charge in [0.2, 0.25) is 5.82 Å². The molecule has 2 heterocycles. The van der Waals surface area contributed by atoms with Crippen LogP contribution < -0.4 is 15.4 Å². The van der Waals surface area contributed by atoms with Gasteiger partial charge < -0.3 is 19.8 Å². The number of ether oxygens (including phenoxy) is 1. The first-order valence-electron chi connectivity index (χ1n) is 9.50. The van der Waals surface area contributed by atoms with Crippen LogP contribution in [0.15, 0.2) is 58.1 Å². The van der Waals surface area contributed by atoms with Gasteiger partial charge in [0.05, 0.1) is 12.9 Å². The summed E-state index contributed by atoms with van der Waals surface area (Å²) in [4.78, 5) is 9.01. The highest BCUT2D eigenvalue weighted by atomic mass is 16.5. The molecule has 0 fully saturated rings. The number of nitrogens with one attached hydrogen (secondary N) is 3. The summed E-state index contributed by atoms with van der Waals surface area (Å²) in [5.74, 6) is 3.69. The van der Waals surface area contributed by atoms with E-state index in [9.17, 15) is 0 Å². The number of furan rings is 1. The van der Waals surface area contributed by atoms with Crippen molar-refractivity contribution >= 4 is 5.96 Å². The van der Waals surface area contributed by atoms with Crippen molar-refractivity contribution in [1.82, 2.24) is 25.8 Å². The summed E-state index contributed by atoms with van der Waals surface area (Å²) < 4.78 is 11.0. The predicted molar refractivity (Wildman–Crippen MR) is 108 cm³/mol. The lowest BCUT2D eigenvalue weighted by atomic mass is 10.3. The molecular weight excluding hydrogens is 356 g/mol. The van der Waals surface area contributed by atoms with E-state index in [0.717, 1.165) is 30.5 Å². The van der Waals surface area contributed by atoms with Crippen LogP contribution in [0.2, 0.25) is 0 Å². The number of aliphatic imine (C=N–C) groups is 1. The highest BCUT2D eigenvalue weighted by Gasteiger charge is 2.08. The van der Waals surface area contributed by atoms with Crippen LogP contribution in [0.4, 0.5) is 0 Å². The Balaban J connectivity index is 1.38. The van der Waals surface area contributed by atoms with Crippen LogP contribution in [0.1, 0.15) is 19.2 Å². The number of aromatic nitrogens is 3. The highest BCUT2D eigenvalue weighted by Crippen LogP contribution is 2.14. The normalized spacial score (nSPS) is 11.4. The van der Waals surface area contributed by atoms with Gasteiger partial charge in [0, 0.05) is 32.5 Å². The van der Waals surface area contributed by atoms with Gasteiger partial charge in [-0.2, -0.15) is 5.10 Å². The molecule has 3 N–H and O–H groups in total. The average molecular weight is 382 g/mol. The second kappa shape index (κ2) is 10.8. The number of rotatable bonds is 10. The van der Waals surface area contributed by atoms with E-state index in [1.54, 1.807) is 6.26 Å². The van der Waals surface area contributed by atoms with Gasteiger partial charge in [-0.1, -0.05) is 18.2 Å². The van der Waals surface area contributed by atoms with E-state index >= 15 is 0 Å². The van der Waals surface area contributed by atoms with Gasteiger partial charge in [-0.25, -0.2) is 4.98 Å². The predicted octanol–water partition coefficient (Wildman–Crippen LogP) is 2.63. The van der Waals surface area contributed by atoms with Crippen LogP contribution in [0.25, 0.3) is 11.6 Å². The Morgan fingerprint density at radius 3 is 2.86 bits per heavy atom. The first-order valence-corrected chi connectivity index (χ1v) is 9.50. The first-order chi connectivity index (χ1) is 13.8. The van der Waals surface area contributed by atoms with Crippen LogP contribution in [-0.4, -0.2) is 47.4 Å². The van der Waals surface area contributed by atoms with Gasteiger partial charge in [0.25, 0.3) is 0 Å². The molecule has 0 aliphatic carbocycles. The van der Waals surface area contributed by atoms with Crippen LogP contribution in [0, 0.1) is 0 Å². The van der Waals surface area contributed by atoms with Crippen molar-refractivity contribution in [3.05, 3.63) is 54.6 Å². The molecule has 0 spiro atoms. The minimum atomic E-state index is 0.569. The summed E-state index contributed by atoms with van der Waals surface area (Å²) in [6, 6.07) is 13.5. The molecule has 0 atom stereocenters. The number of H-pyrrole nitrogens is 1. The second-order valence-electron chi connectivity index (χ2n) is 6.04. The molecule has 0 aliphatic heterocycles. The minimum absolute atomic E-state index is 0.569. The lowest BCUT2D eigenvalue weighted by Gasteiger charge is -2.10. The van der Waals surface area contributed by atoms with Gasteiger partial charge in [0.1, 0.15) is 11.6 Å². The third kappa shape index (κ3) is 6.15. The van der Waals surface area contributed by atoms with E-state index in [1.165, 1.54) is 0 Å². The monoisotopic (exact) mass is 382 g/mol. The molecule has 0 bridgehead atoms. The molecule has 3 rings (SSSR count). The van der Waals surface area contributed by atoms with E-state index in [0.29, 0.717) is 37.7 Å². The van der Waals surface area contributed by atoms with Gasteiger partial charge in [-0.3, -0.25) is 10.1 Å². The standard InChI is InChI=1S/C20H26N6O2/c1-2-21-20(22-12-7-15-27-16-8-4-3-5-9-16)23-13-11-18-24-19(26-25-18)17-10-6-14-28-17/h3-6,8-10,14H,2,7,11-13,15H2,1H3,(H2,21,22,23)(H,24,25,26). The molecule has 0 saturated heterocycles. The number of nitrogens with zero attached hydrogens (tertiary/aromatic N) is 3. The molecule has 0 saturated carbocycles. The van der Waals surface area contributed by atoms with Crippen LogP contribution in [-0.2, 0) is 6.42 Å². The molecule has 0 radical (unpaired) electrons. The van der Waals surface area contributed by atoms with Gasteiger partial charge >= 0.3 is 0 Å². The molecule has 8 heteroatoms. The summed E-state index contributed by atoms with van der Waals surface area (Å²) >= 11 is 0. The highest BCUT2D eigenvalue weighted by molar-refractivity contribution is 5.79. The average Bonchev–Trinajstić information content (AvgIpc) is 3.40. The van der Waals surface area contributed by atoms with Crippen LogP contribution >= 0.6 is 0 Å². The van der Waals surface area contributed by atoms with E-state index in [2.05, 4.69) is 30.8 Å². The molecule has 148 valence electrons. The lowest BCUT2D eigenvalue weighted by molar-refractivity contribution is 0.313. The third-order valence-electron chi connectivity index (χ3n) is 3.86. The van der Waals surface area contributed by atoms with Crippen LogP contribution in [0.5, 0.6) is 5.75 Å². The summed E-state index contributed by atoms with van der Waals surface area (Å²) in [5.41, 5.74) is 0. The lowest BCUT2D eigenvalue weighted by Crippen LogP contribution is -2.38. The summed E-state index contributed by atoms with van der Waals surface area (Å²) in [6.45, 7) is 4.87. The second-order valence-corrected chi connectivity index (χ2v) is 6.04. The van der Waals surface area contributed by atoms with E-state index in [4.69, 9.17) is 9.15 Å². The van der Waals surface area contributed by atoms with Crippen molar-refractivity contribution < 1.29 is 9.15 Å². The van der Waals surface area contributed by atoms with Gasteiger partial charge in [0.15, 0.2) is 11.7 Å². The Hall–Kier alpha value is -3.29.